The highest BCUT2D eigenvalue weighted by Gasteiger charge is 2.62. The van der Waals surface area contributed by atoms with Crippen LogP contribution < -0.4 is 0 Å². The van der Waals surface area contributed by atoms with Gasteiger partial charge in [0.2, 0.25) is 5.91 Å². The van der Waals surface area contributed by atoms with Gasteiger partial charge < -0.3 is 23.8 Å². The Balaban J connectivity index is 2.45. The molecule has 1 amide bonds. The number of hydrogen-bond donors (Lipinski definition) is 0. The summed E-state index contributed by atoms with van der Waals surface area (Å²) >= 11 is 1.32. The molecule has 2 rings (SSSR count). The van der Waals surface area contributed by atoms with Gasteiger partial charge in [0.1, 0.15) is 18.0 Å². The van der Waals surface area contributed by atoms with E-state index in [0.29, 0.717) is 0 Å². The second-order valence-corrected chi connectivity index (χ2v) is 9.14. The van der Waals surface area contributed by atoms with Crippen molar-refractivity contribution in [2.75, 3.05) is 6.61 Å². The molecule has 11 heteroatoms. The minimum atomic E-state index is -1.28. The van der Waals surface area contributed by atoms with Gasteiger partial charge in [-0.1, -0.05) is 0 Å². The van der Waals surface area contributed by atoms with Crippen LogP contribution in [0.1, 0.15) is 41.5 Å². The van der Waals surface area contributed by atoms with E-state index in [2.05, 4.69) is 0 Å². The van der Waals surface area contributed by atoms with Crippen LogP contribution in [0.3, 0.4) is 0 Å². The monoisotopic (exact) mass is 431 g/mol. The molecule has 0 aromatic carbocycles. The van der Waals surface area contributed by atoms with Crippen molar-refractivity contribution >= 4 is 41.5 Å². The van der Waals surface area contributed by atoms with Gasteiger partial charge in [-0.15, -0.1) is 11.8 Å². The zero-order valence-corrected chi connectivity index (χ0v) is 17.9. The zero-order valence-electron chi connectivity index (χ0n) is 17.1. The molecule has 2 heterocycles. The summed E-state index contributed by atoms with van der Waals surface area (Å²) < 4.78 is 20.4. The molecule has 2 aliphatic heterocycles. The third-order valence-electron chi connectivity index (χ3n) is 4.52. The number of carbonyl (C=O) groups excluding carboxylic acids is 5. The maximum absolute atomic E-state index is 12.7. The van der Waals surface area contributed by atoms with Gasteiger partial charge in [0.05, 0.1) is 0 Å². The van der Waals surface area contributed by atoms with Crippen LogP contribution in [0, 0.1) is 0 Å². The lowest BCUT2D eigenvalue weighted by Crippen LogP contribution is -2.63. The molecule has 10 nitrogen and oxygen atoms in total. The molecular weight excluding hydrogens is 406 g/mol. The van der Waals surface area contributed by atoms with Crippen molar-refractivity contribution in [1.82, 2.24) is 4.90 Å². The molecule has 0 aliphatic carbocycles. The summed E-state index contributed by atoms with van der Waals surface area (Å²) in [5.74, 6) is -3.05. The summed E-state index contributed by atoms with van der Waals surface area (Å²) in [6.07, 6.45) is -3.64. The van der Waals surface area contributed by atoms with Crippen molar-refractivity contribution in [2.24, 2.45) is 0 Å². The fourth-order valence-electron chi connectivity index (χ4n) is 3.54. The Bertz CT molecular complexity index is 722. The number of esters is 4. The van der Waals surface area contributed by atoms with Gasteiger partial charge >= 0.3 is 23.9 Å². The van der Waals surface area contributed by atoms with Crippen LogP contribution in [0.2, 0.25) is 0 Å². The van der Waals surface area contributed by atoms with E-state index in [0.717, 1.165) is 13.8 Å². The zero-order chi connectivity index (χ0) is 22.1. The van der Waals surface area contributed by atoms with Crippen molar-refractivity contribution < 1.29 is 42.9 Å². The van der Waals surface area contributed by atoms with E-state index in [9.17, 15) is 24.0 Å². The number of carbonyl (C=O) groups is 5. The third kappa shape index (κ3) is 5.01. The second-order valence-electron chi connectivity index (χ2n) is 7.37. The Morgan fingerprint density at radius 1 is 1.07 bits per heavy atom. The summed E-state index contributed by atoms with van der Waals surface area (Å²) in [4.78, 5) is 61.0. The number of morpholine rings is 1. The largest absolute Gasteiger partial charge is 0.462 e. The van der Waals surface area contributed by atoms with E-state index in [1.807, 2.05) is 13.8 Å². The van der Waals surface area contributed by atoms with Gasteiger partial charge in [0, 0.05) is 32.4 Å². The smallest absolute Gasteiger partial charge is 0.330 e. The first-order valence-electron chi connectivity index (χ1n) is 9.00. The van der Waals surface area contributed by atoms with Crippen LogP contribution in [0.5, 0.6) is 0 Å². The summed E-state index contributed by atoms with van der Waals surface area (Å²) in [6, 6.07) is -0.801. The molecular formula is C18H25NO9S. The van der Waals surface area contributed by atoms with Crippen molar-refractivity contribution in [2.45, 2.75) is 76.0 Å². The molecule has 0 N–H and O–H groups in total. The second kappa shape index (κ2) is 8.60. The van der Waals surface area contributed by atoms with E-state index >= 15 is 0 Å². The maximum atomic E-state index is 12.7. The molecule has 0 aromatic rings. The van der Waals surface area contributed by atoms with Crippen LogP contribution in [0.15, 0.2) is 0 Å². The number of cyclic esters (lactones) is 1. The van der Waals surface area contributed by atoms with Crippen LogP contribution >= 0.6 is 11.8 Å². The summed E-state index contributed by atoms with van der Waals surface area (Å²) in [6.45, 7) is 8.00. The lowest BCUT2D eigenvalue weighted by atomic mass is 9.97. The molecule has 0 radical (unpaired) electrons. The van der Waals surface area contributed by atoms with Gasteiger partial charge in [0.25, 0.3) is 0 Å². The Morgan fingerprint density at radius 3 is 2.14 bits per heavy atom. The van der Waals surface area contributed by atoms with Crippen molar-refractivity contribution in [1.29, 1.82) is 0 Å². The first-order valence-corrected chi connectivity index (χ1v) is 9.88. The summed E-state index contributed by atoms with van der Waals surface area (Å²) in [5.41, 5.74) is 0. The van der Waals surface area contributed by atoms with Gasteiger partial charge in [-0.3, -0.25) is 19.2 Å². The topological polar surface area (TPSA) is 126 Å². The Morgan fingerprint density at radius 2 is 1.66 bits per heavy atom. The highest BCUT2D eigenvalue weighted by Crippen LogP contribution is 2.50. The minimum Gasteiger partial charge on any atom is -0.462 e. The normalized spacial score (nSPS) is 26.8. The predicted octanol–water partition coefficient (Wildman–Crippen LogP) is 0.407. The molecule has 2 fully saturated rings. The number of thioether (sulfide) groups is 1. The Kier molecular flexibility index (Phi) is 6.82. The molecule has 0 unspecified atom stereocenters. The molecule has 2 saturated heterocycles. The number of amides is 1. The number of nitrogens with zero attached hydrogens (tertiary/aromatic N) is 1. The van der Waals surface area contributed by atoms with E-state index in [-0.39, 0.29) is 5.91 Å². The Labute approximate surface area is 172 Å². The highest BCUT2D eigenvalue weighted by atomic mass is 32.2. The number of rotatable bonds is 6. The first-order chi connectivity index (χ1) is 13.3. The molecule has 2 aliphatic rings. The van der Waals surface area contributed by atoms with E-state index in [1.54, 1.807) is 0 Å². The van der Waals surface area contributed by atoms with Gasteiger partial charge in [-0.2, -0.15) is 0 Å². The minimum absolute atomic E-state index is 0.342. The highest BCUT2D eigenvalue weighted by molar-refractivity contribution is 8.01. The van der Waals surface area contributed by atoms with Crippen LogP contribution in [-0.2, 0) is 42.9 Å². The molecule has 2 bridgehead atoms. The fraction of sp³-hybridized carbons (Fsp3) is 0.722. The van der Waals surface area contributed by atoms with Crippen LogP contribution in [-0.4, -0.2) is 75.8 Å². The fourth-order valence-corrected chi connectivity index (χ4v) is 5.23. The molecule has 162 valence electrons. The lowest BCUT2D eigenvalue weighted by Gasteiger charge is -2.42. The van der Waals surface area contributed by atoms with Crippen LogP contribution in [0.25, 0.3) is 0 Å². The average Bonchev–Trinajstić information content (AvgIpc) is 2.80. The van der Waals surface area contributed by atoms with E-state index < -0.39 is 65.0 Å². The molecule has 29 heavy (non-hydrogen) atoms. The van der Waals surface area contributed by atoms with Crippen molar-refractivity contribution in [3.63, 3.8) is 0 Å². The third-order valence-corrected chi connectivity index (χ3v) is 6.08. The van der Waals surface area contributed by atoms with Crippen molar-refractivity contribution in [3.8, 4) is 0 Å². The molecule has 0 spiro atoms. The van der Waals surface area contributed by atoms with E-state index in [4.69, 9.17) is 18.9 Å². The number of fused-ring (bicyclic) bond motifs is 2. The van der Waals surface area contributed by atoms with Crippen molar-refractivity contribution in [3.05, 3.63) is 0 Å². The van der Waals surface area contributed by atoms with Gasteiger partial charge in [-0.05, 0) is 13.8 Å². The van der Waals surface area contributed by atoms with Gasteiger partial charge in [-0.25, -0.2) is 4.79 Å². The summed E-state index contributed by atoms with van der Waals surface area (Å²) in [7, 11) is 0. The van der Waals surface area contributed by atoms with Crippen LogP contribution in [0.4, 0.5) is 0 Å². The maximum Gasteiger partial charge on any atom is 0.330 e. The molecule has 0 saturated carbocycles. The lowest BCUT2D eigenvalue weighted by molar-refractivity contribution is -0.203. The summed E-state index contributed by atoms with van der Waals surface area (Å²) in [5, 5.41) is -0.676. The standard InChI is InChI=1S/C18H25NO9S/c1-8(20)19-15-17(24)28-14(16(19)29-18(15,5)6)13(27-11(4)23)12(26-10(3)22)7-25-9(2)21/h12-16H,7H2,1-6H3/t12-,13-,14+,15+,16+/m1/s1. The van der Waals surface area contributed by atoms with Gasteiger partial charge in [0.15, 0.2) is 18.3 Å². The molecule has 0 aromatic heterocycles. The number of hydrogen-bond acceptors (Lipinski definition) is 10. The SMILES string of the molecule is CC(=O)OC[C@@H](OC(C)=O)[C@@H](OC(C)=O)[C@@H]1OC(=O)[C@@H]2N(C(C)=O)[C@H]1SC2(C)C. The predicted molar refractivity (Wildman–Crippen MR) is 99.4 cm³/mol. The average molecular weight is 431 g/mol. The first kappa shape index (κ1) is 23.0. The molecule has 5 atom stereocenters. The Hall–Kier alpha value is -2.30. The number of ether oxygens (including phenoxy) is 4. The quantitative estimate of drug-likeness (QED) is 0.431. The van der Waals surface area contributed by atoms with E-state index in [1.165, 1.54) is 30.5 Å².